The number of benzene rings is 2. The van der Waals surface area contributed by atoms with E-state index in [-0.39, 0.29) is 17.2 Å². The summed E-state index contributed by atoms with van der Waals surface area (Å²) in [5, 5.41) is 14.5. The van der Waals surface area contributed by atoms with Crippen LogP contribution in [0, 0.1) is 10.1 Å². The van der Waals surface area contributed by atoms with Crippen molar-refractivity contribution < 1.29 is 19.3 Å². The number of nitro benzene ring substituents is 1. The average Bonchev–Trinajstić information content (AvgIpc) is 2.95. The van der Waals surface area contributed by atoms with E-state index in [9.17, 15) is 24.5 Å². The Bertz CT molecular complexity index is 999. The van der Waals surface area contributed by atoms with E-state index in [1.54, 1.807) is 36.4 Å². The van der Waals surface area contributed by atoms with Gasteiger partial charge in [0.15, 0.2) is 5.11 Å². The lowest BCUT2D eigenvalue weighted by Gasteiger charge is -2.14. The van der Waals surface area contributed by atoms with Gasteiger partial charge in [0.25, 0.3) is 10.9 Å². The van der Waals surface area contributed by atoms with Gasteiger partial charge < -0.3 is 10.6 Å². The third kappa shape index (κ3) is 4.95. The standard InChI is InChI=1S/C18H14N4O5S2/c23-15(20-17(28)19-11-5-4-8-13(9-11)22(26)27)10-14-16(24)21(18(25)29-14)12-6-2-1-3-7-12/h1-9,14H,10H2,(H2,19,20,23,28)/t14-/m0/s1. The molecule has 2 N–H and O–H groups in total. The Morgan fingerprint density at radius 2 is 1.90 bits per heavy atom. The van der Waals surface area contributed by atoms with Gasteiger partial charge in [0, 0.05) is 24.2 Å². The van der Waals surface area contributed by atoms with Gasteiger partial charge in [-0.3, -0.25) is 24.5 Å². The second-order valence-electron chi connectivity index (χ2n) is 5.90. The molecular formula is C18H14N4O5S2. The van der Waals surface area contributed by atoms with Crippen LogP contribution in [-0.4, -0.2) is 32.3 Å². The molecule has 2 aromatic rings. The minimum atomic E-state index is -0.858. The number of carbonyl (C=O) groups excluding carboxylic acids is 3. The molecule has 11 heteroatoms. The first-order valence-electron chi connectivity index (χ1n) is 8.30. The highest BCUT2D eigenvalue weighted by Crippen LogP contribution is 2.33. The highest BCUT2D eigenvalue weighted by Gasteiger charge is 2.41. The summed E-state index contributed by atoms with van der Waals surface area (Å²) in [7, 11) is 0. The third-order valence-electron chi connectivity index (χ3n) is 3.87. The minimum Gasteiger partial charge on any atom is -0.332 e. The van der Waals surface area contributed by atoms with E-state index in [0.29, 0.717) is 11.4 Å². The van der Waals surface area contributed by atoms with Crippen LogP contribution in [0.25, 0.3) is 0 Å². The SMILES string of the molecule is O=C(C[C@@H]1SC(=O)N(c2ccccc2)C1=O)NC(=S)Nc1cccc([N+](=O)[O-])c1. The molecule has 0 bridgehead atoms. The molecule has 1 atom stereocenters. The third-order valence-corrected chi connectivity index (χ3v) is 5.12. The first kappa shape index (κ1) is 20.4. The van der Waals surface area contributed by atoms with Crippen molar-refractivity contribution in [2.75, 3.05) is 10.2 Å². The Morgan fingerprint density at radius 3 is 2.59 bits per heavy atom. The molecule has 1 aliphatic heterocycles. The van der Waals surface area contributed by atoms with Gasteiger partial charge in [0.1, 0.15) is 5.25 Å². The quantitative estimate of drug-likeness (QED) is 0.422. The van der Waals surface area contributed by atoms with Gasteiger partial charge in [-0.15, -0.1) is 0 Å². The molecule has 3 amide bonds. The van der Waals surface area contributed by atoms with Gasteiger partial charge in [-0.05, 0) is 42.2 Å². The lowest BCUT2D eigenvalue weighted by atomic mass is 10.2. The van der Waals surface area contributed by atoms with Gasteiger partial charge in [-0.1, -0.05) is 24.3 Å². The van der Waals surface area contributed by atoms with Crippen LogP contribution in [-0.2, 0) is 9.59 Å². The predicted octanol–water partition coefficient (Wildman–Crippen LogP) is 3.07. The molecule has 1 saturated heterocycles. The van der Waals surface area contributed by atoms with Gasteiger partial charge >= 0.3 is 0 Å². The number of anilines is 2. The molecule has 29 heavy (non-hydrogen) atoms. The lowest BCUT2D eigenvalue weighted by Crippen LogP contribution is -2.38. The first-order valence-corrected chi connectivity index (χ1v) is 9.59. The normalized spacial score (nSPS) is 15.9. The number of thiocarbonyl (C=S) groups is 1. The monoisotopic (exact) mass is 430 g/mol. The zero-order chi connectivity index (χ0) is 21.0. The molecule has 0 aromatic heterocycles. The van der Waals surface area contributed by atoms with Crippen LogP contribution in [0.15, 0.2) is 54.6 Å². The molecule has 1 aliphatic rings. The van der Waals surface area contributed by atoms with Crippen molar-refractivity contribution >= 4 is 63.2 Å². The van der Waals surface area contributed by atoms with E-state index in [1.807, 2.05) is 0 Å². The molecule has 0 saturated carbocycles. The van der Waals surface area contributed by atoms with E-state index in [2.05, 4.69) is 10.6 Å². The molecule has 2 aromatic carbocycles. The summed E-state index contributed by atoms with van der Waals surface area (Å²) in [4.78, 5) is 48.2. The lowest BCUT2D eigenvalue weighted by molar-refractivity contribution is -0.384. The van der Waals surface area contributed by atoms with Crippen molar-refractivity contribution in [3.05, 3.63) is 64.7 Å². The highest BCUT2D eigenvalue weighted by atomic mass is 32.2. The number of imide groups is 1. The van der Waals surface area contributed by atoms with Gasteiger partial charge in [-0.2, -0.15) is 0 Å². The Morgan fingerprint density at radius 1 is 1.17 bits per heavy atom. The largest absolute Gasteiger partial charge is 0.332 e. The molecule has 0 radical (unpaired) electrons. The summed E-state index contributed by atoms with van der Waals surface area (Å²) >= 11 is 5.81. The van der Waals surface area contributed by atoms with Crippen molar-refractivity contribution in [2.24, 2.45) is 0 Å². The number of para-hydroxylation sites is 1. The maximum absolute atomic E-state index is 12.5. The zero-order valence-corrected chi connectivity index (χ0v) is 16.4. The molecule has 3 rings (SSSR count). The predicted molar refractivity (Wildman–Crippen MR) is 113 cm³/mol. The average molecular weight is 430 g/mol. The van der Waals surface area contributed by atoms with E-state index >= 15 is 0 Å². The zero-order valence-electron chi connectivity index (χ0n) is 14.7. The van der Waals surface area contributed by atoms with Crippen molar-refractivity contribution in [3.63, 3.8) is 0 Å². The smallest absolute Gasteiger partial charge is 0.293 e. The fourth-order valence-corrected chi connectivity index (χ4v) is 3.82. The number of carbonyl (C=O) groups is 3. The Kier molecular flexibility index (Phi) is 6.20. The number of nitrogens with one attached hydrogen (secondary N) is 2. The van der Waals surface area contributed by atoms with Crippen LogP contribution in [0.1, 0.15) is 6.42 Å². The number of hydrogen-bond donors (Lipinski definition) is 2. The maximum Gasteiger partial charge on any atom is 0.293 e. The highest BCUT2D eigenvalue weighted by molar-refractivity contribution is 8.15. The number of nitro groups is 1. The topological polar surface area (TPSA) is 122 Å². The minimum absolute atomic E-state index is 0.0721. The van der Waals surface area contributed by atoms with Crippen molar-refractivity contribution in [1.82, 2.24) is 5.32 Å². The molecular weight excluding hydrogens is 416 g/mol. The van der Waals surface area contributed by atoms with E-state index in [4.69, 9.17) is 12.2 Å². The summed E-state index contributed by atoms with van der Waals surface area (Å²) < 4.78 is 0. The van der Waals surface area contributed by atoms with Crippen molar-refractivity contribution in [1.29, 1.82) is 0 Å². The van der Waals surface area contributed by atoms with Gasteiger partial charge in [0.2, 0.25) is 11.8 Å². The molecule has 148 valence electrons. The molecule has 0 aliphatic carbocycles. The number of nitrogens with zero attached hydrogens (tertiary/aromatic N) is 2. The number of thioether (sulfide) groups is 1. The molecule has 9 nitrogen and oxygen atoms in total. The summed E-state index contributed by atoms with van der Waals surface area (Å²) in [5.74, 6) is -1.03. The van der Waals surface area contributed by atoms with Crippen LogP contribution in [0.2, 0.25) is 0 Å². The summed E-state index contributed by atoms with van der Waals surface area (Å²) in [5.41, 5.74) is 0.651. The first-order chi connectivity index (χ1) is 13.8. The number of rotatable bonds is 5. The Hall–Kier alpha value is -3.31. The molecule has 0 unspecified atom stereocenters. The number of amides is 3. The molecule has 1 fully saturated rings. The molecule has 1 heterocycles. The van der Waals surface area contributed by atoms with E-state index in [0.717, 1.165) is 16.7 Å². The molecule has 0 spiro atoms. The maximum atomic E-state index is 12.5. The van der Waals surface area contributed by atoms with Crippen LogP contribution in [0.4, 0.5) is 21.9 Å². The van der Waals surface area contributed by atoms with E-state index < -0.39 is 27.2 Å². The Labute approximate surface area is 174 Å². The second kappa shape index (κ2) is 8.80. The van der Waals surface area contributed by atoms with Crippen LogP contribution in [0.3, 0.4) is 0 Å². The van der Waals surface area contributed by atoms with Crippen LogP contribution < -0.4 is 15.5 Å². The summed E-state index contributed by atoms with van der Waals surface area (Å²) in [6.07, 6.45) is -0.241. The fourth-order valence-electron chi connectivity index (χ4n) is 2.60. The van der Waals surface area contributed by atoms with E-state index in [1.165, 1.54) is 18.2 Å². The van der Waals surface area contributed by atoms with Gasteiger partial charge in [0.05, 0.1) is 10.6 Å². The number of hydrogen-bond acceptors (Lipinski definition) is 7. The summed E-state index contributed by atoms with van der Waals surface area (Å²) in [6, 6.07) is 14.1. The van der Waals surface area contributed by atoms with Crippen molar-refractivity contribution in [3.8, 4) is 0 Å². The summed E-state index contributed by atoms with van der Waals surface area (Å²) in [6.45, 7) is 0. The fraction of sp³-hybridized carbons (Fsp3) is 0.111. The van der Waals surface area contributed by atoms with Gasteiger partial charge in [-0.25, -0.2) is 4.90 Å². The second-order valence-corrected chi connectivity index (χ2v) is 7.46. The van der Waals surface area contributed by atoms with Crippen LogP contribution in [0.5, 0.6) is 0 Å². The number of non-ortho nitro benzene ring substituents is 1. The Balaban J connectivity index is 1.57. The van der Waals surface area contributed by atoms with Crippen LogP contribution >= 0.6 is 24.0 Å². The van der Waals surface area contributed by atoms with Crippen molar-refractivity contribution in [2.45, 2.75) is 11.7 Å².